The standard InChI is InChI=1S/C22H29N7O3/c1-13-9-20(27-26-13)24-19-12-17(18-7-4-8-32-18)23-21(25-19)28(2)16-10-14-5-3-6-15(11-16)29(14)22(30)31/h7,9,12,14-16H,3-6,8,10-11H2,1-2H3,(H,30,31)(H2,23,24,25,26,27)/t14-,15+,16?. The Balaban J connectivity index is 1.43. The van der Waals surface area contributed by atoms with Crippen LogP contribution in [0.15, 0.2) is 18.2 Å². The average molecular weight is 440 g/mol. The second-order valence-corrected chi connectivity index (χ2v) is 8.87. The highest BCUT2D eigenvalue weighted by Gasteiger charge is 2.42. The molecule has 0 aromatic carbocycles. The number of aromatic nitrogens is 4. The van der Waals surface area contributed by atoms with Gasteiger partial charge in [0.1, 0.15) is 17.3 Å². The molecule has 5 rings (SSSR count). The number of carbonyl (C=O) groups is 1. The van der Waals surface area contributed by atoms with Gasteiger partial charge in [-0.1, -0.05) is 0 Å². The first kappa shape index (κ1) is 20.6. The monoisotopic (exact) mass is 439 g/mol. The molecule has 2 aromatic rings. The van der Waals surface area contributed by atoms with Crippen LogP contribution in [0.5, 0.6) is 0 Å². The first-order valence-corrected chi connectivity index (χ1v) is 11.2. The quantitative estimate of drug-likeness (QED) is 0.647. The first-order chi connectivity index (χ1) is 15.5. The predicted molar refractivity (Wildman–Crippen MR) is 120 cm³/mol. The van der Waals surface area contributed by atoms with Crippen LogP contribution >= 0.6 is 0 Å². The van der Waals surface area contributed by atoms with Crippen LogP contribution in [0.25, 0.3) is 5.76 Å². The molecule has 0 spiro atoms. The van der Waals surface area contributed by atoms with Crippen LogP contribution in [0.4, 0.5) is 22.4 Å². The van der Waals surface area contributed by atoms with Crippen LogP contribution in [0.2, 0.25) is 0 Å². The lowest BCUT2D eigenvalue weighted by Gasteiger charge is -2.49. The molecule has 3 aliphatic rings. The number of nitrogens with one attached hydrogen (secondary N) is 2. The molecule has 3 atom stereocenters. The maximum Gasteiger partial charge on any atom is 0.407 e. The largest absolute Gasteiger partial charge is 0.491 e. The number of hydrogen-bond donors (Lipinski definition) is 3. The van der Waals surface area contributed by atoms with E-state index in [9.17, 15) is 9.90 Å². The third-order valence-corrected chi connectivity index (χ3v) is 6.67. The SMILES string of the molecule is Cc1cc(Nc2cc(C3=CCCO3)nc(N(C)C3C[C@H]4CCC[C@@H](C3)N4C(=O)O)n2)n[nH]1. The summed E-state index contributed by atoms with van der Waals surface area (Å²) in [5, 5.41) is 20.1. The van der Waals surface area contributed by atoms with Crippen molar-refractivity contribution in [3.63, 3.8) is 0 Å². The fourth-order valence-corrected chi connectivity index (χ4v) is 5.14. The second-order valence-electron chi connectivity index (χ2n) is 8.87. The van der Waals surface area contributed by atoms with Crippen molar-refractivity contribution in [2.24, 2.45) is 0 Å². The van der Waals surface area contributed by atoms with E-state index in [1.165, 1.54) is 0 Å². The highest BCUT2D eigenvalue weighted by Crippen LogP contribution is 2.37. The number of piperidine rings is 2. The van der Waals surface area contributed by atoms with E-state index in [-0.39, 0.29) is 18.1 Å². The van der Waals surface area contributed by atoms with Gasteiger partial charge in [0.15, 0.2) is 5.82 Å². The van der Waals surface area contributed by atoms with Crippen molar-refractivity contribution in [2.75, 3.05) is 23.9 Å². The lowest BCUT2D eigenvalue weighted by molar-refractivity contribution is 0.0351. The van der Waals surface area contributed by atoms with Gasteiger partial charge in [0, 0.05) is 49.4 Å². The number of aromatic amines is 1. The minimum atomic E-state index is -0.801. The van der Waals surface area contributed by atoms with Gasteiger partial charge < -0.3 is 25.0 Å². The normalized spacial score (nSPS) is 24.6. The van der Waals surface area contributed by atoms with E-state index in [4.69, 9.17) is 14.7 Å². The van der Waals surface area contributed by atoms with Gasteiger partial charge in [0.05, 0.1) is 6.61 Å². The highest BCUT2D eigenvalue weighted by molar-refractivity contribution is 5.67. The Morgan fingerprint density at radius 3 is 2.66 bits per heavy atom. The highest BCUT2D eigenvalue weighted by atomic mass is 16.5. The molecular weight excluding hydrogens is 410 g/mol. The fraction of sp³-hybridized carbons (Fsp3) is 0.545. The minimum Gasteiger partial charge on any atom is -0.491 e. The number of ether oxygens (including phenoxy) is 1. The maximum absolute atomic E-state index is 11.8. The summed E-state index contributed by atoms with van der Waals surface area (Å²) in [7, 11) is 2.00. The average Bonchev–Trinajstić information content (AvgIpc) is 3.44. The summed E-state index contributed by atoms with van der Waals surface area (Å²) < 4.78 is 5.76. The van der Waals surface area contributed by atoms with Gasteiger partial charge in [0.25, 0.3) is 0 Å². The van der Waals surface area contributed by atoms with Crippen molar-refractivity contribution >= 4 is 29.4 Å². The molecule has 0 aliphatic carbocycles. The van der Waals surface area contributed by atoms with Crippen molar-refractivity contribution in [1.29, 1.82) is 0 Å². The predicted octanol–water partition coefficient (Wildman–Crippen LogP) is 3.51. The van der Waals surface area contributed by atoms with Crippen LogP contribution in [0.1, 0.15) is 49.9 Å². The van der Waals surface area contributed by atoms with Crippen LogP contribution < -0.4 is 10.2 Å². The van der Waals surface area contributed by atoms with Gasteiger partial charge in [-0.25, -0.2) is 9.78 Å². The lowest BCUT2D eigenvalue weighted by Crippen LogP contribution is -2.58. The van der Waals surface area contributed by atoms with Crippen molar-refractivity contribution in [3.8, 4) is 0 Å². The number of hydrogen-bond acceptors (Lipinski definition) is 7. The van der Waals surface area contributed by atoms with E-state index in [0.717, 1.165) is 55.7 Å². The molecule has 10 nitrogen and oxygen atoms in total. The summed E-state index contributed by atoms with van der Waals surface area (Å²) in [6.45, 7) is 2.60. The molecule has 3 N–H and O–H groups in total. The van der Waals surface area contributed by atoms with Crippen LogP contribution in [0, 0.1) is 6.92 Å². The third-order valence-electron chi connectivity index (χ3n) is 6.67. The molecular formula is C22H29N7O3. The van der Waals surface area contributed by atoms with Crippen molar-refractivity contribution in [3.05, 3.63) is 29.6 Å². The van der Waals surface area contributed by atoms with Crippen LogP contribution in [0.3, 0.4) is 0 Å². The van der Waals surface area contributed by atoms with E-state index in [1.807, 2.05) is 32.2 Å². The molecule has 2 fully saturated rings. The van der Waals surface area contributed by atoms with Gasteiger partial charge in [0.2, 0.25) is 5.95 Å². The third kappa shape index (κ3) is 3.96. The van der Waals surface area contributed by atoms with Gasteiger partial charge in [-0.15, -0.1) is 0 Å². The zero-order valence-electron chi connectivity index (χ0n) is 18.4. The Morgan fingerprint density at radius 2 is 2.03 bits per heavy atom. The van der Waals surface area contributed by atoms with E-state index in [0.29, 0.717) is 24.2 Å². The second kappa shape index (κ2) is 8.33. The number of fused-ring (bicyclic) bond motifs is 2. The molecule has 2 bridgehead atoms. The van der Waals surface area contributed by atoms with Gasteiger partial charge in [-0.2, -0.15) is 10.1 Å². The summed E-state index contributed by atoms with van der Waals surface area (Å²) in [6, 6.07) is 4.08. The molecule has 0 radical (unpaired) electrons. The van der Waals surface area contributed by atoms with E-state index < -0.39 is 6.09 Å². The Kier molecular flexibility index (Phi) is 5.36. The number of aryl methyl sites for hydroxylation is 1. The van der Waals surface area contributed by atoms with Crippen molar-refractivity contribution in [1.82, 2.24) is 25.1 Å². The Hall–Kier alpha value is -3.30. The van der Waals surface area contributed by atoms with Crippen LogP contribution in [-0.2, 0) is 4.74 Å². The fourth-order valence-electron chi connectivity index (χ4n) is 5.14. The molecule has 170 valence electrons. The molecule has 2 aromatic heterocycles. The number of carboxylic acid groups (broad SMARTS) is 1. The Bertz CT molecular complexity index is 1020. The lowest BCUT2D eigenvalue weighted by atomic mass is 9.81. The molecule has 1 unspecified atom stereocenters. The van der Waals surface area contributed by atoms with Crippen molar-refractivity contribution < 1.29 is 14.6 Å². The molecule has 5 heterocycles. The molecule has 10 heteroatoms. The Morgan fingerprint density at radius 1 is 1.25 bits per heavy atom. The molecule has 1 amide bonds. The zero-order chi connectivity index (χ0) is 22.2. The molecule has 0 saturated carbocycles. The number of rotatable bonds is 5. The zero-order valence-corrected chi connectivity index (χ0v) is 18.4. The Labute approximate surface area is 186 Å². The minimum absolute atomic E-state index is 0.0566. The number of amides is 1. The summed E-state index contributed by atoms with van der Waals surface area (Å²) in [5.74, 6) is 2.69. The van der Waals surface area contributed by atoms with E-state index in [1.54, 1.807) is 4.90 Å². The number of anilines is 3. The first-order valence-electron chi connectivity index (χ1n) is 11.2. The summed E-state index contributed by atoms with van der Waals surface area (Å²) in [5.41, 5.74) is 1.69. The topological polar surface area (TPSA) is 120 Å². The van der Waals surface area contributed by atoms with Gasteiger partial charge >= 0.3 is 6.09 Å². The number of H-pyrrole nitrogens is 1. The van der Waals surface area contributed by atoms with Crippen molar-refractivity contribution in [2.45, 2.75) is 63.6 Å². The summed E-state index contributed by atoms with van der Waals surface area (Å²) in [4.78, 5) is 25.1. The molecule has 3 aliphatic heterocycles. The maximum atomic E-state index is 11.8. The summed E-state index contributed by atoms with van der Waals surface area (Å²) in [6.07, 6.45) is 6.60. The number of nitrogens with zero attached hydrogens (tertiary/aromatic N) is 5. The smallest absolute Gasteiger partial charge is 0.407 e. The van der Waals surface area contributed by atoms with Crippen LogP contribution in [-0.4, -0.2) is 68.0 Å². The van der Waals surface area contributed by atoms with Gasteiger partial charge in [-0.05, 0) is 45.1 Å². The molecule has 32 heavy (non-hydrogen) atoms. The van der Waals surface area contributed by atoms with E-state index >= 15 is 0 Å². The molecule has 2 saturated heterocycles. The van der Waals surface area contributed by atoms with Gasteiger partial charge in [-0.3, -0.25) is 5.10 Å². The van der Waals surface area contributed by atoms with E-state index in [2.05, 4.69) is 20.4 Å². The summed E-state index contributed by atoms with van der Waals surface area (Å²) >= 11 is 0.